The molecule has 0 aromatic heterocycles. The normalized spacial score (nSPS) is 13.5. The summed E-state index contributed by atoms with van der Waals surface area (Å²) in [7, 11) is 0. The van der Waals surface area contributed by atoms with Crippen molar-refractivity contribution in [2.75, 3.05) is 0 Å². The molecular formula is C21H45N. The summed E-state index contributed by atoms with van der Waals surface area (Å²) in [5.74, 6) is 0. The summed E-state index contributed by atoms with van der Waals surface area (Å²) in [4.78, 5) is 0. The first-order valence-electron chi connectivity index (χ1n) is 10.3. The molecule has 0 aliphatic heterocycles. The van der Waals surface area contributed by atoms with Gasteiger partial charge in [0.15, 0.2) is 0 Å². The van der Waals surface area contributed by atoms with E-state index in [2.05, 4.69) is 27.7 Å². The third-order valence-electron chi connectivity index (χ3n) is 5.41. The molecule has 0 aliphatic rings. The summed E-state index contributed by atoms with van der Waals surface area (Å²) in [5.41, 5.74) is 6.34. The highest BCUT2D eigenvalue weighted by molar-refractivity contribution is 4.77. The average Bonchev–Trinajstić information content (AvgIpc) is 2.47. The smallest absolute Gasteiger partial charge is 0.00617 e. The predicted octanol–water partition coefficient (Wildman–Crippen LogP) is 7.23. The van der Waals surface area contributed by atoms with Crippen molar-refractivity contribution in [1.82, 2.24) is 0 Å². The molecule has 0 aliphatic carbocycles. The molecule has 1 unspecified atom stereocenters. The van der Waals surface area contributed by atoms with E-state index in [1.807, 2.05) is 0 Å². The van der Waals surface area contributed by atoms with Crippen LogP contribution in [0.25, 0.3) is 0 Å². The van der Waals surface area contributed by atoms with E-state index in [9.17, 15) is 0 Å². The Bertz CT molecular complexity index is 220. The molecule has 0 amide bonds. The average molecular weight is 312 g/mol. The van der Waals surface area contributed by atoms with Gasteiger partial charge in [-0.3, -0.25) is 0 Å². The highest BCUT2D eigenvalue weighted by atomic mass is 14.7. The summed E-state index contributed by atoms with van der Waals surface area (Å²) < 4.78 is 0. The van der Waals surface area contributed by atoms with E-state index in [-0.39, 0.29) is 0 Å². The molecule has 0 radical (unpaired) electrons. The number of rotatable bonds is 16. The van der Waals surface area contributed by atoms with Crippen molar-refractivity contribution in [2.45, 2.75) is 130 Å². The molecule has 0 saturated carbocycles. The Kier molecular flexibility index (Phi) is 14.5. The number of hydrogen-bond acceptors (Lipinski definition) is 1. The van der Waals surface area contributed by atoms with E-state index in [0.717, 1.165) is 0 Å². The molecule has 1 nitrogen and oxygen atoms in total. The molecule has 0 heterocycles. The monoisotopic (exact) mass is 311 g/mol. The Morgan fingerprint density at radius 2 is 0.955 bits per heavy atom. The topological polar surface area (TPSA) is 26.0 Å². The molecule has 22 heavy (non-hydrogen) atoms. The Labute approximate surface area is 141 Å². The molecule has 1 atom stereocenters. The van der Waals surface area contributed by atoms with Crippen LogP contribution >= 0.6 is 0 Å². The second kappa shape index (κ2) is 14.5. The minimum Gasteiger partial charge on any atom is -0.327 e. The zero-order valence-corrected chi connectivity index (χ0v) is 16.3. The Balaban J connectivity index is 3.15. The van der Waals surface area contributed by atoms with E-state index in [0.29, 0.717) is 11.5 Å². The second-order valence-electron chi connectivity index (χ2n) is 8.12. The minimum absolute atomic E-state index is 0.314. The lowest BCUT2D eigenvalue weighted by atomic mass is 9.81. The van der Waals surface area contributed by atoms with Crippen molar-refractivity contribution in [3.8, 4) is 0 Å². The van der Waals surface area contributed by atoms with Gasteiger partial charge in [-0.05, 0) is 18.8 Å². The van der Waals surface area contributed by atoms with Crippen molar-refractivity contribution in [3.05, 3.63) is 0 Å². The number of hydrogen-bond donors (Lipinski definition) is 1. The lowest BCUT2D eigenvalue weighted by molar-refractivity contribution is 0.266. The van der Waals surface area contributed by atoms with E-state index >= 15 is 0 Å². The summed E-state index contributed by atoms with van der Waals surface area (Å²) in [5, 5.41) is 0. The molecule has 1 heteroatoms. The maximum absolute atomic E-state index is 6.02. The van der Waals surface area contributed by atoms with Crippen LogP contribution in [0.2, 0.25) is 0 Å². The minimum atomic E-state index is 0.314. The van der Waals surface area contributed by atoms with Crippen LogP contribution in [0.15, 0.2) is 0 Å². The number of unbranched alkanes of at least 4 members (excludes halogenated alkanes) is 13. The fraction of sp³-hybridized carbons (Fsp3) is 1.00. The van der Waals surface area contributed by atoms with Gasteiger partial charge in [0.1, 0.15) is 0 Å². The summed E-state index contributed by atoms with van der Waals surface area (Å²) in [6, 6.07) is 0.314. The standard InChI is InChI=1S/C21H45N/c1-5-6-7-8-9-10-11-12-13-14-15-16-17-18-19-21(3,4)20(2)22/h20H,5-19,22H2,1-4H3. The highest BCUT2D eigenvalue weighted by Gasteiger charge is 2.21. The lowest BCUT2D eigenvalue weighted by Gasteiger charge is -2.28. The Hall–Kier alpha value is -0.0400. The van der Waals surface area contributed by atoms with Gasteiger partial charge in [-0.25, -0.2) is 0 Å². The van der Waals surface area contributed by atoms with E-state index in [1.54, 1.807) is 0 Å². The van der Waals surface area contributed by atoms with Gasteiger partial charge in [0.25, 0.3) is 0 Å². The van der Waals surface area contributed by atoms with Gasteiger partial charge in [0.2, 0.25) is 0 Å². The zero-order valence-electron chi connectivity index (χ0n) is 16.3. The van der Waals surface area contributed by atoms with Crippen LogP contribution in [0.3, 0.4) is 0 Å². The van der Waals surface area contributed by atoms with Gasteiger partial charge in [-0.2, -0.15) is 0 Å². The Morgan fingerprint density at radius 1 is 0.636 bits per heavy atom. The fourth-order valence-corrected chi connectivity index (χ4v) is 3.00. The van der Waals surface area contributed by atoms with Gasteiger partial charge < -0.3 is 5.73 Å². The molecule has 0 fully saturated rings. The third kappa shape index (κ3) is 13.6. The molecule has 0 saturated heterocycles. The van der Waals surface area contributed by atoms with Gasteiger partial charge in [-0.1, -0.05) is 111 Å². The van der Waals surface area contributed by atoms with Crippen LogP contribution in [0, 0.1) is 5.41 Å². The van der Waals surface area contributed by atoms with Gasteiger partial charge in [0, 0.05) is 6.04 Å². The van der Waals surface area contributed by atoms with Gasteiger partial charge in [-0.15, -0.1) is 0 Å². The molecule has 0 bridgehead atoms. The van der Waals surface area contributed by atoms with Gasteiger partial charge >= 0.3 is 0 Å². The maximum atomic E-state index is 6.02. The summed E-state index contributed by atoms with van der Waals surface area (Å²) in [6.07, 6.45) is 21.4. The summed E-state index contributed by atoms with van der Waals surface area (Å²) in [6.45, 7) is 9.04. The molecule has 134 valence electrons. The first kappa shape index (κ1) is 22.0. The second-order valence-corrected chi connectivity index (χ2v) is 8.12. The van der Waals surface area contributed by atoms with Crippen LogP contribution in [-0.4, -0.2) is 6.04 Å². The first-order valence-corrected chi connectivity index (χ1v) is 10.3. The van der Waals surface area contributed by atoms with Crippen LogP contribution < -0.4 is 5.73 Å². The molecule has 0 aromatic carbocycles. The first-order chi connectivity index (χ1) is 10.5. The van der Waals surface area contributed by atoms with Crippen molar-refractivity contribution >= 4 is 0 Å². The maximum Gasteiger partial charge on any atom is 0.00617 e. The van der Waals surface area contributed by atoms with E-state index < -0.39 is 0 Å². The molecule has 2 N–H and O–H groups in total. The molecule has 0 aromatic rings. The summed E-state index contributed by atoms with van der Waals surface area (Å²) >= 11 is 0. The molecule has 0 spiro atoms. The third-order valence-corrected chi connectivity index (χ3v) is 5.41. The van der Waals surface area contributed by atoms with Crippen molar-refractivity contribution in [1.29, 1.82) is 0 Å². The number of nitrogens with two attached hydrogens (primary N) is 1. The Morgan fingerprint density at radius 3 is 1.27 bits per heavy atom. The van der Waals surface area contributed by atoms with Gasteiger partial charge in [0.05, 0.1) is 0 Å². The van der Waals surface area contributed by atoms with Crippen molar-refractivity contribution in [2.24, 2.45) is 11.1 Å². The fourth-order valence-electron chi connectivity index (χ4n) is 3.00. The predicted molar refractivity (Wildman–Crippen MR) is 102 cm³/mol. The van der Waals surface area contributed by atoms with E-state index in [4.69, 9.17) is 5.73 Å². The van der Waals surface area contributed by atoms with Crippen molar-refractivity contribution < 1.29 is 0 Å². The van der Waals surface area contributed by atoms with Crippen LogP contribution in [0.1, 0.15) is 124 Å². The highest BCUT2D eigenvalue weighted by Crippen LogP contribution is 2.26. The molecule has 0 rings (SSSR count). The lowest BCUT2D eigenvalue weighted by Crippen LogP contribution is -2.34. The van der Waals surface area contributed by atoms with Crippen LogP contribution in [-0.2, 0) is 0 Å². The molecular weight excluding hydrogens is 266 g/mol. The van der Waals surface area contributed by atoms with Crippen LogP contribution in [0.4, 0.5) is 0 Å². The zero-order chi connectivity index (χ0) is 16.7. The largest absolute Gasteiger partial charge is 0.327 e. The van der Waals surface area contributed by atoms with Crippen LogP contribution in [0.5, 0.6) is 0 Å². The SMILES string of the molecule is CCCCCCCCCCCCCCCCC(C)(C)C(C)N. The quantitative estimate of drug-likeness (QED) is 0.299. The van der Waals surface area contributed by atoms with E-state index in [1.165, 1.54) is 96.3 Å². The van der Waals surface area contributed by atoms with Crippen molar-refractivity contribution in [3.63, 3.8) is 0 Å².